The molecule has 29 heavy (non-hydrogen) atoms. The minimum Gasteiger partial charge on any atom is -0.494 e. The van der Waals surface area contributed by atoms with Gasteiger partial charge in [0.15, 0.2) is 4.75 Å². The van der Waals surface area contributed by atoms with Crippen molar-refractivity contribution in [3.63, 3.8) is 0 Å². The highest BCUT2D eigenvalue weighted by Crippen LogP contribution is 2.38. The van der Waals surface area contributed by atoms with E-state index in [4.69, 9.17) is 4.74 Å². The first-order valence-electron chi connectivity index (χ1n) is 9.83. The monoisotopic (exact) mass is 416 g/mol. The zero-order chi connectivity index (χ0) is 21.2. The number of anilines is 2. The Labute approximate surface area is 172 Å². The summed E-state index contributed by atoms with van der Waals surface area (Å²) in [5, 5.41) is 2.78. The minimum absolute atomic E-state index is 0.277. The van der Waals surface area contributed by atoms with Crippen LogP contribution in [0.3, 0.4) is 0 Å². The van der Waals surface area contributed by atoms with E-state index in [2.05, 4.69) is 5.32 Å². The molecule has 2 aromatic carbocycles. The number of amides is 1. The molecule has 1 aliphatic heterocycles. The number of nitrogens with zero attached hydrogens (tertiary/aromatic N) is 1. The van der Waals surface area contributed by atoms with E-state index >= 15 is 0 Å². The first kappa shape index (κ1) is 21.2. The van der Waals surface area contributed by atoms with Crippen molar-refractivity contribution in [2.75, 3.05) is 22.8 Å². The average molecular weight is 417 g/mol. The summed E-state index contributed by atoms with van der Waals surface area (Å²) >= 11 is 0. The molecular formula is C22H28N2O4S. The zero-order valence-electron chi connectivity index (χ0n) is 17.4. The van der Waals surface area contributed by atoms with E-state index in [1.54, 1.807) is 24.3 Å². The standard InChI is InChI=1S/C22H28N2O4S/c1-5-28-19-12-10-18(11-13-19)23-21(25)22(4)14-7-15-24(29(22,26)27)20-16(2)8-6-9-17(20)3/h6,8-13H,5,7,14-15H2,1-4H3,(H,23,25)/t22-/m1/s1. The summed E-state index contributed by atoms with van der Waals surface area (Å²) in [6.07, 6.45) is 0.889. The predicted octanol–water partition coefficient (Wildman–Crippen LogP) is 4.03. The van der Waals surface area contributed by atoms with Gasteiger partial charge in [-0.3, -0.25) is 9.10 Å². The van der Waals surface area contributed by atoms with Crippen molar-refractivity contribution in [3.8, 4) is 5.75 Å². The summed E-state index contributed by atoms with van der Waals surface area (Å²) < 4.78 is 32.4. The van der Waals surface area contributed by atoms with Crippen LogP contribution >= 0.6 is 0 Å². The molecule has 0 aromatic heterocycles. The first-order valence-corrected chi connectivity index (χ1v) is 11.3. The molecule has 0 aliphatic carbocycles. The molecule has 0 unspecified atom stereocenters. The van der Waals surface area contributed by atoms with Crippen molar-refractivity contribution < 1.29 is 17.9 Å². The van der Waals surface area contributed by atoms with Crippen molar-refractivity contribution in [2.45, 2.75) is 45.3 Å². The molecule has 3 rings (SSSR count). The van der Waals surface area contributed by atoms with Gasteiger partial charge in [0.2, 0.25) is 15.9 Å². The molecule has 1 fully saturated rings. The summed E-state index contributed by atoms with van der Waals surface area (Å²) in [6.45, 7) is 8.13. The molecule has 0 radical (unpaired) electrons. The summed E-state index contributed by atoms with van der Waals surface area (Å²) in [4.78, 5) is 13.1. The number of para-hydroxylation sites is 1. The molecule has 1 atom stereocenters. The Bertz CT molecular complexity index is 982. The third-order valence-electron chi connectivity index (χ3n) is 5.47. The first-order chi connectivity index (χ1) is 13.7. The van der Waals surface area contributed by atoms with E-state index in [-0.39, 0.29) is 6.42 Å². The Balaban J connectivity index is 1.90. The van der Waals surface area contributed by atoms with E-state index in [9.17, 15) is 13.2 Å². The Morgan fingerprint density at radius 3 is 2.34 bits per heavy atom. The van der Waals surface area contributed by atoms with Gasteiger partial charge in [-0.05, 0) is 75.9 Å². The third-order valence-corrected chi connectivity index (χ3v) is 7.94. The number of hydrogen-bond acceptors (Lipinski definition) is 4. The SMILES string of the molecule is CCOc1ccc(NC(=O)[C@@]2(C)CCCN(c3c(C)cccc3C)S2(=O)=O)cc1. The van der Waals surface area contributed by atoms with Gasteiger partial charge in [-0.25, -0.2) is 8.42 Å². The van der Waals surface area contributed by atoms with Crippen molar-refractivity contribution in [3.05, 3.63) is 53.6 Å². The summed E-state index contributed by atoms with van der Waals surface area (Å²) in [5.74, 6) is 0.181. The van der Waals surface area contributed by atoms with Crippen LogP contribution in [0.2, 0.25) is 0 Å². The van der Waals surface area contributed by atoms with Crippen LogP contribution in [0.1, 0.15) is 37.8 Å². The number of hydrogen-bond donors (Lipinski definition) is 1. The topological polar surface area (TPSA) is 75.7 Å². The molecule has 0 saturated carbocycles. The number of sulfonamides is 1. The number of rotatable bonds is 5. The van der Waals surface area contributed by atoms with E-state index in [1.807, 2.05) is 39.0 Å². The lowest BCUT2D eigenvalue weighted by atomic mass is 10.0. The molecule has 1 amide bonds. The number of aryl methyl sites for hydroxylation is 2. The zero-order valence-corrected chi connectivity index (χ0v) is 18.2. The van der Waals surface area contributed by atoms with Crippen LogP contribution in [0.15, 0.2) is 42.5 Å². The Kier molecular flexibility index (Phi) is 5.89. The van der Waals surface area contributed by atoms with Crippen molar-refractivity contribution in [2.24, 2.45) is 0 Å². The van der Waals surface area contributed by atoms with Crippen LogP contribution in [-0.4, -0.2) is 32.2 Å². The molecule has 2 aromatic rings. The minimum atomic E-state index is -3.90. The number of nitrogens with one attached hydrogen (secondary N) is 1. The number of benzene rings is 2. The van der Waals surface area contributed by atoms with Gasteiger partial charge in [0.1, 0.15) is 5.75 Å². The maximum atomic E-state index is 13.6. The number of carbonyl (C=O) groups is 1. The average Bonchev–Trinajstić information content (AvgIpc) is 2.67. The molecule has 6 nitrogen and oxygen atoms in total. The lowest BCUT2D eigenvalue weighted by Gasteiger charge is -2.40. The van der Waals surface area contributed by atoms with Gasteiger partial charge in [-0.2, -0.15) is 0 Å². The molecule has 1 saturated heterocycles. The fourth-order valence-corrected chi connectivity index (χ4v) is 5.85. The highest BCUT2D eigenvalue weighted by atomic mass is 32.2. The van der Waals surface area contributed by atoms with Crippen molar-refractivity contribution >= 4 is 27.3 Å². The maximum absolute atomic E-state index is 13.6. The Morgan fingerprint density at radius 1 is 1.14 bits per heavy atom. The second-order valence-electron chi connectivity index (χ2n) is 7.56. The lowest BCUT2D eigenvalue weighted by Crippen LogP contribution is -2.57. The van der Waals surface area contributed by atoms with Gasteiger partial charge in [0, 0.05) is 12.2 Å². The Hall–Kier alpha value is -2.54. The number of carbonyl (C=O) groups excluding carboxylic acids is 1. The molecule has 1 heterocycles. The number of ether oxygens (including phenoxy) is 1. The highest BCUT2D eigenvalue weighted by molar-refractivity contribution is 7.95. The van der Waals surface area contributed by atoms with Crippen LogP contribution in [0.4, 0.5) is 11.4 Å². The molecule has 156 valence electrons. The van der Waals surface area contributed by atoms with Gasteiger partial charge in [-0.1, -0.05) is 18.2 Å². The lowest BCUT2D eigenvalue weighted by molar-refractivity contribution is -0.118. The molecule has 1 N–H and O–H groups in total. The van der Waals surface area contributed by atoms with E-state index < -0.39 is 20.7 Å². The normalized spacial score (nSPS) is 20.9. The third kappa shape index (κ3) is 3.83. The van der Waals surface area contributed by atoms with Gasteiger partial charge < -0.3 is 10.1 Å². The van der Waals surface area contributed by atoms with Crippen molar-refractivity contribution in [1.82, 2.24) is 0 Å². The fourth-order valence-electron chi connectivity index (χ4n) is 3.78. The van der Waals surface area contributed by atoms with Gasteiger partial charge in [0.25, 0.3) is 0 Å². The summed E-state index contributed by atoms with van der Waals surface area (Å²) in [6, 6.07) is 12.6. The van der Waals surface area contributed by atoms with E-state index in [1.165, 1.54) is 11.2 Å². The Morgan fingerprint density at radius 2 is 1.76 bits per heavy atom. The predicted molar refractivity (Wildman–Crippen MR) is 116 cm³/mol. The van der Waals surface area contributed by atoms with Crippen LogP contribution < -0.4 is 14.4 Å². The van der Waals surface area contributed by atoms with Crippen LogP contribution in [-0.2, 0) is 14.8 Å². The molecule has 0 spiro atoms. The van der Waals surface area contributed by atoms with Crippen LogP contribution in [0.5, 0.6) is 5.75 Å². The van der Waals surface area contributed by atoms with Gasteiger partial charge in [0.05, 0.1) is 12.3 Å². The van der Waals surface area contributed by atoms with Gasteiger partial charge >= 0.3 is 0 Å². The smallest absolute Gasteiger partial charge is 0.249 e. The summed E-state index contributed by atoms with van der Waals surface area (Å²) in [7, 11) is -3.90. The second-order valence-corrected chi connectivity index (χ2v) is 9.86. The van der Waals surface area contributed by atoms with E-state index in [0.29, 0.717) is 36.7 Å². The second kappa shape index (κ2) is 8.06. The maximum Gasteiger partial charge on any atom is 0.249 e. The van der Waals surface area contributed by atoms with Crippen LogP contribution in [0, 0.1) is 13.8 Å². The van der Waals surface area contributed by atoms with Crippen LogP contribution in [0.25, 0.3) is 0 Å². The molecule has 0 bridgehead atoms. The van der Waals surface area contributed by atoms with E-state index in [0.717, 1.165) is 11.1 Å². The molecular weight excluding hydrogens is 388 g/mol. The summed E-state index contributed by atoms with van der Waals surface area (Å²) in [5.41, 5.74) is 2.97. The highest BCUT2D eigenvalue weighted by Gasteiger charge is 2.52. The fraction of sp³-hybridized carbons (Fsp3) is 0.409. The molecule has 7 heteroatoms. The largest absolute Gasteiger partial charge is 0.494 e. The molecule has 1 aliphatic rings. The quantitative estimate of drug-likeness (QED) is 0.798. The van der Waals surface area contributed by atoms with Crippen molar-refractivity contribution in [1.29, 1.82) is 0 Å². The van der Waals surface area contributed by atoms with Gasteiger partial charge in [-0.15, -0.1) is 0 Å².